The van der Waals surface area contributed by atoms with Gasteiger partial charge in [-0.3, -0.25) is 4.79 Å². The van der Waals surface area contributed by atoms with Crippen LogP contribution in [0.4, 0.5) is 0 Å². The van der Waals surface area contributed by atoms with Crippen LogP contribution in [0.25, 0.3) is 22.3 Å². The third-order valence-electron chi connectivity index (χ3n) is 5.07. The van der Waals surface area contributed by atoms with E-state index in [0.717, 1.165) is 18.2 Å². The molecule has 1 saturated heterocycles. The summed E-state index contributed by atoms with van der Waals surface area (Å²) >= 11 is 0. The molecule has 7 N–H and O–H groups in total. The van der Waals surface area contributed by atoms with Crippen molar-refractivity contribution in [3.05, 3.63) is 46.6 Å². The molecule has 0 radical (unpaired) electrons. The minimum absolute atomic E-state index is 0.0157. The van der Waals surface area contributed by atoms with Gasteiger partial charge < -0.3 is 49.6 Å². The number of benzene rings is 2. The van der Waals surface area contributed by atoms with Crippen LogP contribution in [0.3, 0.4) is 0 Å². The van der Waals surface area contributed by atoms with Crippen molar-refractivity contribution in [2.75, 3.05) is 6.61 Å². The molecule has 0 unspecified atom stereocenters. The number of ether oxygens (including phenoxy) is 2. The first kappa shape index (κ1) is 21.9. The third-order valence-corrected chi connectivity index (χ3v) is 5.07. The van der Waals surface area contributed by atoms with Gasteiger partial charge in [0.15, 0.2) is 5.43 Å². The number of phenols is 3. The summed E-state index contributed by atoms with van der Waals surface area (Å²) in [6.45, 7) is -0.650. The van der Waals surface area contributed by atoms with Crippen LogP contribution in [0.5, 0.6) is 23.0 Å². The monoisotopic (exact) mass is 448 g/mol. The highest BCUT2D eigenvalue weighted by Gasteiger charge is 2.44. The highest BCUT2D eigenvalue weighted by Crippen LogP contribution is 2.34. The van der Waals surface area contributed by atoms with Crippen molar-refractivity contribution in [2.45, 2.75) is 30.7 Å². The molecule has 11 nitrogen and oxygen atoms in total. The molecular weight excluding hydrogens is 428 g/mol. The first-order chi connectivity index (χ1) is 15.2. The van der Waals surface area contributed by atoms with Gasteiger partial charge in [0.25, 0.3) is 0 Å². The molecule has 0 saturated carbocycles. The van der Waals surface area contributed by atoms with Gasteiger partial charge in [0.2, 0.25) is 6.29 Å². The van der Waals surface area contributed by atoms with Gasteiger partial charge >= 0.3 is 0 Å². The lowest BCUT2D eigenvalue weighted by Crippen LogP contribution is -2.60. The van der Waals surface area contributed by atoms with Crippen molar-refractivity contribution in [1.82, 2.24) is 0 Å². The third kappa shape index (κ3) is 3.95. The standard InChI is InChI=1S/C21H20O11/c22-7-16-18(27)19(28)20(29)21(32-16)30-11-4-12(25)17-13(26)6-14(31-15(17)5-11)8-1-9(23)3-10(24)2-8/h1-6,16,18-25,27-29H,7H2/t16-,18-,19+,20-,21+/m1/s1. The van der Waals surface area contributed by atoms with Crippen LogP contribution in [-0.4, -0.2) is 73.1 Å². The summed E-state index contributed by atoms with van der Waals surface area (Å²) in [5.74, 6) is -1.15. The predicted octanol–water partition coefficient (Wildman–Crippen LogP) is -0.245. The Hall–Kier alpha value is -3.35. The number of aliphatic hydroxyl groups is 4. The van der Waals surface area contributed by atoms with Crippen LogP contribution in [0.2, 0.25) is 0 Å². The molecule has 0 amide bonds. The molecule has 170 valence electrons. The number of aromatic hydroxyl groups is 3. The van der Waals surface area contributed by atoms with Gasteiger partial charge in [0.05, 0.1) is 6.61 Å². The molecule has 1 aliphatic rings. The van der Waals surface area contributed by atoms with E-state index >= 15 is 0 Å². The molecule has 5 atom stereocenters. The molecule has 0 spiro atoms. The maximum absolute atomic E-state index is 12.5. The Morgan fingerprint density at radius 2 is 1.56 bits per heavy atom. The zero-order valence-electron chi connectivity index (χ0n) is 16.3. The van der Waals surface area contributed by atoms with Gasteiger partial charge in [-0.25, -0.2) is 0 Å². The van der Waals surface area contributed by atoms with Crippen molar-refractivity contribution in [1.29, 1.82) is 0 Å². The number of aliphatic hydroxyl groups excluding tert-OH is 4. The van der Waals surface area contributed by atoms with Crippen LogP contribution < -0.4 is 10.2 Å². The fourth-order valence-corrected chi connectivity index (χ4v) is 3.49. The largest absolute Gasteiger partial charge is 0.508 e. The van der Waals surface area contributed by atoms with Crippen LogP contribution in [0.15, 0.2) is 45.6 Å². The van der Waals surface area contributed by atoms with Gasteiger partial charge in [-0.2, -0.15) is 0 Å². The maximum atomic E-state index is 12.5. The van der Waals surface area contributed by atoms with E-state index in [1.54, 1.807) is 0 Å². The SMILES string of the molecule is O=c1cc(-c2cc(O)cc(O)c2)oc2cc(O[C@H]3O[C@H](CO)[C@@H](O)[C@H](O)[C@H]3O)cc(O)c12. The van der Waals surface area contributed by atoms with Crippen LogP contribution >= 0.6 is 0 Å². The van der Waals surface area contributed by atoms with Crippen LogP contribution in [0.1, 0.15) is 0 Å². The minimum atomic E-state index is -1.68. The van der Waals surface area contributed by atoms with Crippen LogP contribution in [-0.2, 0) is 4.74 Å². The molecule has 2 aromatic carbocycles. The molecule has 1 fully saturated rings. The van der Waals surface area contributed by atoms with Gasteiger partial charge in [0.1, 0.15) is 64.1 Å². The lowest BCUT2D eigenvalue weighted by Gasteiger charge is -2.39. The Morgan fingerprint density at radius 1 is 0.875 bits per heavy atom. The average molecular weight is 448 g/mol. The minimum Gasteiger partial charge on any atom is -0.508 e. The summed E-state index contributed by atoms with van der Waals surface area (Å²) in [6.07, 6.45) is -7.63. The molecule has 2 heterocycles. The van der Waals surface area contributed by atoms with E-state index < -0.39 is 48.5 Å². The highest BCUT2D eigenvalue weighted by atomic mass is 16.7. The summed E-state index contributed by atoms with van der Waals surface area (Å²) in [7, 11) is 0. The molecule has 0 aliphatic carbocycles. The number of rotatable bonds is 4. The van der Waals surface area contributed by atoms with Gasteiger partial charge in [-0.1, -0.05) is 0 Å². The van der Waals surface area contributed by atoms with Crippen molar-refractivity contribution < 1.29 is 49.6 Å². The van der Waals surface area contributed by atoms with E-state index in [1.165, 1.54) is 18.2 Å². The molecule has 1 aliphatic heterocycles. The van der Waals surface area contributed by atoms with E-state index in [1.807, 2.05) is 0 Å². The summed E-state index contributed by atoms with van der Waals surface area (Å²) in [6, 6.07) is 7.00. The zero-order valence-corrected chi connectivity index (χ0v) is 16.3. The van der Waals surface area contributed by atoms with E-state index in [2.05, 4.69) is 0 Å². The second-order valence-corrected chi connectivity index (χ2v) is 7.34. The quantitative estimate of drug-likeness (QED) is 0.279. The molecule has 3 aromatic rings. The first-order valence-corrected chi connectivity index (χ1v) is 9.49. The Kier molecular flexibility index (Phi) is 5.67. The van der Waals surface area contributed by atoms with Crippen molar-refractivity contribution in [3.63, 3.8) is 0 Å². The van der Waals surface area contributed by atoms with Crippen molar-refractivity contribution in [3.8, 4) is 34.3 Å². The molecule has 0 bridgehead atoms. The summed E-state index contributed by atoms with van der Waals surface area (Å²) < 4.78 is 16.4. The Labute approximate surface area is 179 Å². The maximum Gasteiger partial charge on any atom is 0.229 e. The first-order valence-electron chi connectivity index (χ1n) is 9.49. The van der Waals surface area contributed by atoms with E-state index in [4.69, 9.17) is 13.9 Å². The molecular formula is C21H20O11. The zero-order chi connectivity index (χ0) is 23.2. The molecule has 32 heavy (non-hydrogen) atoms. The Bertz CT molecular complexity index is 1180. The van der Waals surface area contributed by atoms with E-state index in [9.17, 15) is 40.5 Å². The molecule has 11 heteroatoms. The van der Waals surface area contributed by atoms with Crippen molar-refractivity contribution in [2.24, 2.45) is 0 Å². The normalized spacial score (nSPS) is 25.7. The second-order valence-electron chi connectivity index (χ2n) is 7.34. The number of fused-ring (bicyclic) bond motifs is 1. The fourth-order valence-electron chi connectivity index (χ4n) is 3.49. The van der Waals surface area contributed by atoms with Gasteiger partial charge in [-0.15, -0.1) is 0 Å². The number of hydrogen-bond acceptors (Lipinski definition) is 11. The van der Waals surface area contributed by atoms with Crippen molar-refractivity contribution >= 4 is 11.0 Å². The lowest BCUT2D eigenvalue weighted by molar-refractivity contribution is -0.277. The smallest absolute Gasteiger partial charge is 0.229 e. The van der Waals surface area contributed by atoms with Gasteiger partial charge in [0, 0.05) is 29.8 Å². The summed E-state index contributed by atoms with van der Waals surface area (Å²) in [4.78, 5) is 12.5. The fraction of sp³-hybridized carbons (Fsp3) is 0.286. The Morgan fingerprint density at radius 3 is 2.22 bits per heavy atom. The van der Waals surface area contributed by atoms with Gasteiger partial charge in [-0.05, 0) is 12.1 Å². The molecule has 4 rings (SSSR count). The Balaban J connectivity index is 1.73. The van der Waals surface area contributed by atoms with Crippen LogP contribution in [0, 0.1) is 0 Å². The highest BCUT2D eigenvalue weighted by molar-refractivity contribution is 5.86. The summed E-state index contributed by atoms with van der Waals surface area (Å²) in [5, 5.41) is 68.7. The number of phenolic OH excluding ortho intramolecular Hbond substituents is 3. The molecule has 1 aromatic heterocycles. The average Bonchev–Trinajstić information content (AvgIpc) is 2.73. The van der Waals surface area contributed by atoms with E-state index in [-0.39, 0.29) is 39.5 Å². The predicted molar refractivity (Wildman–Crippen MR) is 107 cm³/mol. The lowest BCUT2D eigenvalue weighted by atomic mass is 9.99. The second kappa shape index (κ2) is 8.30. The number of hydrogen-bond donors (Lipinski definition) is 7. The summed E-state index contributed by atoms with van der Waals surface area (Å²) in [5.41, 5.74) is -0.530. The topological polar surface area (TPSA) is 190 Å². The van der Waals surface area contributed by atoms with E-state index in [0.29, 0.717) is 0 Å².